The van der Waals surface area contributed by atoms with E-state index in [1.54, 1.807) is 12.1 Å². The van der Waals surface area contributed by atoms with Crippen LogP contribution in [0.2, 0.25) is 0 Å². The minimum Gasteiger partial charge on any atom is -0.326 e. The lowest BCUT2D eigenvalue weighted by molar-refractivity contribution is -0.114. The lowest BCUT2D eigenvalue weighted by Crippen LogP contribution is -2.07. The first kappa shape index (κ1) is 13.7. The number of rotatable bonds is 5. The Morgan fingerprint density at radius 3 is 2.35 bits per heavy atom. The van der Waals surface area contributed by atoms with Crippen molar-refractivity contribution in [1.29, 1.82) is 0 Å². The minimum absolute atomic E-state index is 0.123. The van der Waals surface area contributed by atoms with Crippen LogP contribution in [0.1, 0.15) is 12.5 Å². The molecule has 0 unspecified atom stereocenters. The van der Waals surface area contributed by atoms with E-state index in [1.165, 1.54) is 6.92 Å². The molecule has 5 nitrogen and oxygen atoms in total. The fraction of sp³-hybridized carbons (Fsp3) is 0.364. The zero-order valence-electron chi connectivity index (χ0n) is 9.76. The summed E-state index contributed by atoms with van der Waals surface area (Å²) < 4.78 is 26.1. The molecular formula is C11H15NO4S. The molecule has 0 radical (unpaired) electrons. The van der Waals surface area contributed by atoms with Gasteiger partial charge < -0.3 is 5.32 Å². The van der Waals surface area contributed by atoms with E-state index in [1.807, 2.05) is 12.1 Å². The van der Waals surface area contributed by atoms with Crippen LogP contribution in [0.4, 0.5) is 5.69 Å². The second-order valence-electron chi connectivity index (χ2n) is 3.65. The zero-order chi connectivity index (χ0) is 12.9. The molecule has 0 aliphatic rings. The minimum atomic E-state index is -3.38. The van der Waals surface area contributed by atoms with Gasteiger partial charge in [0.25, 0.3) is 10.1 Å². The molecule has 0 aromatic heterocycles. The van der Waals surface area contributed by atoms with Gasteiger partial charge in [-0.05, 0) is 24.1 Å². The molecule has 0 heterocycles. The van der Waals surface area contributed by atoms with E-state index in [2.05, 4.69) is 9.50 Å². The highest BCUT2D eigenvalue weighted by Crippen LogP contribution is 2.10. The first-order chi connectivity index (χ1) is 7.87. The molecule has 94 valence electrons. The van der Waals surface area contributed by atoms with E-state index in [0.29, 0.717) is 12.1 Å². The molecule has 0 aliphatic carbocycles. The van der Waals surface area contributed by atoms with Gasteiger partial charge in [-0.1, -0.05) is 12.1 Å². The van der Waals surface area contributed by atoms with Gasteiger partial charge in [0.05, 0.1) is 12.9 Å². The molecule has 0 spiro atoms. The first-order valence-electron chi connectivity index (χ1n) is 5.08. The van der Waals surface area contributed by atoms with Gasteiger partial charge in [-0.15, -0.1) is 0 Å². The van der Waals surface area contributed by atoms with Crippen molar-refractivity contribution in [2.24, 2.45) is 0 Å². The topological polar surface area (TPSA) is 72.5 Å². The summed E-state index contributed by atoms with van der Waals surface area (Å²) in [7, 11) is -3.38. The average Bonchev–Trinajstić information content (AvgIpc) is 2.18. The molecule has 6 heteroatoms. The van der Waals surface area contributed by atoms with Crippen LogP contribution in [0.5, 0.6) is 0 Å². The van der Waals surface area contributed by atoms with Crippen LogP contribution in [-0.4, -0.2) is 27.2 Å². The molecule has 0 saturated heterocycles. The Balaban J connectivity index is 2.48. The number of hydrogen-bond donors (Lipinski definition) is 1. The summed E-state index contributed by atoms with van der Waals surface area (Å²) in [6.07, 6.45) is 1.53. The van der Waals surface area contributed by atoms with E-state index in [0.717, 1.165) is 11.8 Å². The average molecular weight is 257 g/mol. The maximum absolute atomic E-state index is 10.8. The number of nitrogens with one attached hydrogen (secondary N) is 1. The van der Waals surface area contributed by atoms with Crippen LogP contribution in [0.15, 0.2) is 24.3 Å². The van der Waals surface area contributed by atoms with Crippen molar-refractivity contribution in [2.45, 2.75) is 13.3 Å². The fourth-order valence-corrected chi connectivity index (χ4v) is 1.65. The van der Waals surface area contributed by atoms with Gasteiger partial charge in [0, 0.05) is 12.6 Å². The molecule has 0 aliphatic heterocycles. The van der Waals surface area contributed by atoms with Gasteiger partial charge in [0.15, 0.2) is 0 Å². The predicted molar refractivity (Wildman–Crippen MR) is 65.2 cm³/mol. The summed E-state index contributed by atoms with van der Waals surface area (Å²) in [5.41, 5.74) is 1.66. The van der Waals surface area contributed by atoms with E-state index in [9.17, 15) is 13.2 Å². The van der Waals surface area contributed by atoms with Crippen molar-refractivity contribution in [2.75, 3.05) is 18.2 Å². The molecule has 1 N–H and O–H groups in total. The number of amides is 1. The van der Waals surface area contributed by atoms with Crippen LogP contribution in [0, 0.1) is 0 Å². The van der Waals surface area contributed by atoms with Crippen LogP contribution >= 0.6 is 0 Å². The summed E-state index contributed by atoms with van der Waals surface area (Å²) in [5.74, 6) is -0.127. The van der Waals surface area contributed by atoms with E-state index >= 15 is 0 Å². The third-order valence-electron chi connectivity index (χ3n) is 1.96. The van der Waals surface area contributed by atoms with Gasteiger partial charge in [-0.2, -0.15) is 8.42 Å². The van der Waals surface area contributed by atoms with Crippen molar-refractivity contribution in [3.8, 4) is 0 Å². The summed E-state index contributed by atoms with van der Waals surface area (Å²) in [5, 5.41) is 2.65. The Labute approximate surface area is 101 Å². The van der Waals surface area contributed by atoms with Gasteiger partial charge in [0.1, 0.15) is 0 Å². The SMILES string of the molecule is CC(=O)Nc1ccc(CCOS(C)(=O)=O)cc1. The summed E-state index contributed by atoms with van der Waals surface area (Å²) in [4.78, 5) is 10.8. The van der Waals surface area contributed by atoms with E-state index in [-0.39, 0.29) is 12.5 Å². The first-order valence-corrected chi connectivity index (χ1v) is 6.89. The second-order valence-corrected chi connectivity index (χ2v) is 5.30. The summed E-state index contributed by atoms with van der Waals surface area (Å²) in [6.45, 7) is 1.56. The molecule has 17 heavy (non-hydrogen) atoms. The Morgan fingerprint density at radius 2 is 1.88 bits per heavy atom. The standard InChI is InChI=1S/C11H15NO4S/c1-9(13)12-11-5-3-10(4-6-11)7-8-16-17(2,14)15/h3-6H,7-8H2,1-2H3,(H,12,13). The highest BCUT2D eigenvalue weighted by atomic mass is 32.2. The monoisotopic (exact) mass is 257 g/mol. The molecule has 1 rings (SSSR count). The number of carbonyl (C=O) groups excluding carboxylic acids is 1. The Hall–Kier alpha value is -1.40. The molecular weight excluding hydrogens is 242 g/mol. The van der Waals surface area contributed by atoms with Gasteiger partial charge >= 0.3 is 0 Å². The van der Waals surface area contributed by atoms with Crippen LogP contribution in [-0.2, 0) is 25.5 Å². The maximum Gasteiger partial charge on any atom is 0.264 e. The van der Waals surface area contributed by atoms with Gasteiger partial charge in [0.2, 0.25) is 5.91 Å². The van der Waals surface area contributed by atoms with Crippen molar-refractivity contribution in [3.05, 3.63) is 29.8 Å². The van der Waals surface area contributed by atoms with Crippen molar-refractivity contribution >= 4 is 21.7 Å². The Morgan fingerprint density at radius 1 is 1.29 bits per heavy atom. The number of anilines is 1. The Kier molecular flexibility index (Phi) is 4.65. The fourth-order valence-electron chi connectivity index (χ4n) is 1.27. The number of carbonyl (C=O) groups is 1. The summed E-state index contributed by atoms with van der Waals surface area (Å²) >= 11 is 0. The number of hydrogen-bond acceptors (Lipinski definition) is 4. The predicted octanol–water partition coefficient (Wildman–Crippen LogP) is 1.16. The molecule has 0 fully saturated rings. The van der Waals surface area contributed by atoms with Gasteiger partial charge in [-0.3, -0.25) is 8.98 Å². The van der Waals surface area contributed by atoms with Crippen LogP contribution in [0.25, 0.3) is 0 Å². The largest absolute Gasteiger partial charge is 0.326 e. The molecule has 0 saturated carbocycles. The number of benzene rings is 1. The van der Waals surface area contributed by atoms with E-state index < -0.39 is 10.1 Å². The van der Waals surface area contributed by atoms with Crippen LogP contribution < -0.4 is 5.32 Å². The maximum atomic E-state index is 10.8. The molecule has 0 bridgehead atoms. The molecule has 1 aromatic carbocycles. The lowest BCUT2D eigenvalue weighted by atomic mass is 10.1. The highest BCUT2D eigenvalue weighted by Gasteiger charge is 2.02. The van der Waals surface area contributed by atoms with Gasteiger partial charge in [-0.25, -0.2) is 0 Å². The van der Waals surface area contributed by atoms with Crippen molar-refractivity contribution < 1.29 is 17.4 Å². The zero-order valence-corrected chi connectivity index (χ0v) is 10.6. The molecule has 1 amide bonds. The lowest BCUT2D eigenvalue weighted by Gasteiger charge is -2.04. The molecule has 1 aromatic rings. The third-order valence-corrected chi connectivity index (χ3v) is 2.56. The second kappa shape index (κ2) is 5.79. The van der Waals surface area contributed by atoms with Crippen molar-refractivity contribution in [3.63, 3.8) is 0 Å². The normalized spacial score (nSPS) is 11.2. The van der Waals surface area contributed by atoms with Crippen molar-refractivity contribution in [1.82, 2.24) is 0 Å². The quantitative estimate of drug-likeness (QED) is 0.803. The summed E-state index contributed by atoms with van der Waals surface area (Å²) in [6, 6.07) is 7.15. The van der Waals surface area contributed by atoms with Crippen LogP contribution in [0.3, 0.4) is 0 Å². The molecule has 0 atom stereocenters. The smallest absolute Gasteiger partial charge is 0.264 e. The third kappa shape index (κ3) is 6.03. The van der Waals surface area contributed by atoms with E-state index in [4.69, 9.17) is 0 Å². The highest BCUT2D eigenvalue weighted by molar-refractivity contribution is 7.85. The Bertz CT molecular complexity index is 479.